The number of nitrogens with two attached hydrogens (primary N) is 1. The third-order valence-electron chi connectivity index (χ3n) is 2.39. The van der Waals surface area contributed by atoms with E-state index in [1.165, 1.54) is 11.0 Å². The van der Waals surface area contributed by atoms with Gasteiger partial charge in [0.1, 0.15) is 0 Å². The van der Waals surface area contributed by atoms with E-state index in [1.54, 1.807) is 6.92 Å². The molecule has 0 aliphatic carbocycles. The molecule has 14 heavy (non-hydrogen) atoms. The highest BCUT2D eigenvalue weighted by Gasteiger charge is 2.33. The van der Waals surface area contributed by atoms with Crippen LogP contribution in [0.2, 0.25) is 0 Å². The molecule has 1 aliphatic rings. The van der Waals surface area contributed by atoms with Crippen molar-refractivity contribution in [2.45, 2.75) is 32.7 Å². The monoisotopic (exact) mass is 196 g/mol. The summed E-state index contributed by atoms with van der Waals surface area (Å²) in [6, 6.07) is -0.145. The number of rotatable bonds is 4. The summed E-state index contributed by atoms with van der Waals surface area (Å²) in [5.41, 5.74) is 6.04. The van der Waals surface area contributed by atoms with Gasteiger partial charge in [-0.15, -0.1) is 0 Å². The molecule has 2 N–H and O–H groups in total. The number of hydrogen-bond donors (Lipinski definition) is 1. The third-order valence-corrected chi connectivity index (χ3v) is 2.39. The molecule has 1 rings (SSSR count). The van der Waals surface area contributed by atoms with Crippen molar-refractivity contribution in [3.8, 4) is 0 Å². The largest absolute Gasteiger partial charge is 0.328 e. The topological polar surface area (TPSA) is 63.4 Å². The van der Waals surface area contributed by atoms with Gasteiger partial charge in [-0.05, 0) is 13.3 Å². The molecule has 0 bridgehead atoms. The van der Waals surface area contributed by atoms with Crippen LogP contribution >= 0.6 is 0 Å². The molecule has 0 radical (unpaired) electrons. The van der Waals surface area contributed by atoms with Gasteiger partial charge < -0.3 is 5.73 Å². The molecule has 4 heteroatoms. The number of hydrogen-bond acceptors (Lipinski definition) is 3. The third kappa shape index (κ3) is 1.85. The molecule has 0 fully saturated rings. The second-order valence-corrected chi connectivity index (χ2v) is 3.52. The summed E-state index contributed by atoms with van der Waals surface area (Å²) in [5.74, 6) is -0.421. The van der Waals surface area contributed by atoms with Crippen molar-refractivity contribution in [1.29, 1.82) is 0 Å². The Labute approximate surface area is 83.8 Å². The van der Waals surface area contributed by atoms with Gasteiger partial charge in [-0.2, -0.15) is 0 Å². The number of carbonyl (C=O) groups excluding carboxylic acids is 2. The van der Waals surface area contributed by atoms with Crippen LogP contribution in [0, 0.1) is 0 Å². The second kappa shape index (κ2) is 4.37. The molecule has 0 saturated heterocycles. The Bertz CT molecular complexity index is 284. The van der Waals surface area contributed by atoms with E-state index in [9.17, 15) is 9.59 Å². The predicted octanol–water partition coefficient (Wildman–Crippen LogP) is 0.429. The maximum atomic E-state index is 11.6. The quantitative estimate of drug-likeness (QED) is 0.663. The Balaban J connectivity index is 2.78. The minimum Gasteiger partial charge on any atom is -0.328 e. The van der Waals surface area contributed by atoms with Crippen LogP contribution in [-0.4, -0.2) is 29.3 Å². The highest BCUT2D eigenvalue weighted by Crippen LogP contribution is 2.17. The Kier molecular flexibility index (Phi) is 3.41. The molecule has 0 aromatic carbocycles. The van der Waals surface area contributed by atoms with Crippen molar-refractivity contribution in [2.75, 3.05) is 6.54 Å². The SMILES string of the molecule is CCCC(CN)N1C(=O)C=C(C)C1=O. The lowest BCUT2D eigenvalue weighted by Gasteiger charge is -2.24. The van der Waals surface area contributed by atoms with Crippen molar-refractivity contribution in [3.05, 3.63) is 11.6 Å². The summed E-state index contributed by atoms with van der Waals surface area (Å²) < 4.78 is 0. The lowest BCUT2D eigenvalue weighted by molar-refractivity contribution is -0.139. The summed E-state index contributed by atoms with van der Waals surface area (Å²) in [4.78, 5) is 24.3. The highest BCUT2D eigenvalue weighted by atomic mass is 16.2. The Morgan fingerprint density at radius 3 is 2.50 bits per heavy atom. The Morgan fingerprint density at radius 2 is 2.14 bits per heavy atom. The molecule has 1 heterocycles. The van der Waals surface area contributed by atoms with E-state index < -0.39 is 0 Å². The zero-order chi connectivity index (χ0) is 10.7. The van der Waals surface area contributed by atoms with E-state index in [4.69, 9.17) is 5.73 Å². The fourth-order valence-corrected chi connectivity index (χ4v) is 1.64. The molecule has 0 spiro atoms. The summed E-state index contributed by atoms with van der Waals surface area (Å²) in [7, 11) is 0. The van der Waals surface area contributed by atoms with Gasteiger partial charge in [-0.25, -0.2) is 0 Å². The first-order valence-corrected chi connectivity index (χ1v) is 4.87. The molecule has 1 aliphatic heterocycles. The van der Waals surface area contributed by atoms with Crippen molar-refractivity contribution in [3.63, 3.8) is 0 Å². The zero-order valence-electron chi connectivity index (χ0n) is 8.62. The van der Waals surface area contributed by atoms with E-state index in [2.05, 4.69) is 0 Å². The van der Waals surface area contributed by atoms with Gasteiger partial charge in [0.05, 0.1) is 6.04 Å². The molecule has 1 unspecified atom stereocenters. The number of carbonyl (C=O) groups is 2. The van der Waals surface area contributed by atoms with Crippen LogP contribution in [0.1, 0.15) is 26.7 Å². The van der Waals surface area contributed by atoms with Gasteiger partial charge in [0, 0.05) is 18.2 Å². The standard InChI is InChI=1S/C10H16N2O2/c1-3-4-8(6-11)12-9(13)5-7(2)10(12)14/h5,8H,3-4,6,11H2,1-2H3. The molecular formula is C10H16N2O2. The average Bonchev–Trinajstić information content (AvgIpc) is 2.39. The lowest BCUT2D eigenvalue weighted by atomic mass is 10.1. The number of imide groups is 1. The van der Waals surface area contributed by atoms with Crippen LogP contribution in [0.15, 0.2) is 11.6 Å². The first-order chi connectivity index (χ1) is 6.61. The van der Waals surface area contributed by atoms with E-state index in [0.29, 0.717) is 12.1 Å². The van der Waals surface area contributed by atoms with Gasteiger partial charge >= 0.3 is 0 Å². The molecule has 4 nitrogen and oxygen atoms in total. The van der Waals surface area contributed by atoms with Crippen LogP contribution in [0.5, 0.6) is 0 Å². The van der Waals surface area contributed by atoms with E-state index in [0.717, 1.165) is 12.8 Å². The maximum Gasteiger partial charge on any atom is 0.256 e. The minimum atomic E-state index is -0.226. The van der Waals surface area contributed by atoms with Crippen LogP contribution in [-0.2, 0) is 9.59 Å². The zero-order valence-corrected chi connectivity index (χ0v) is 8.62. The average molecular weight is 196 g/mol. The molecule has 0 saturated carbocycles. The first kappa shape index (κ1) is 10.9. The summed E-state index contributed by atoms with van der Waals surface area (Å²) in [6.45, 7) is 4.00. The van der Waals surface area contributed by atoms with Crippen molar-refractivity contribution in [1.82, 2.24) is 4.90 Å². The van der Waals surface area contributed by atoms with E-state index >= 15 is 0 Å². The molecular weight excluding hydrogens is 180 g/mol. The molecule has 1 atom stereocenters. The second-order valence-electron chi connectivity index (χ2n) is 3.52. The van der Waals surface area contributed by atoms with E-state index in [1.807, 2.05) is 6.92 Å². The van der Waals surface area contributed by atoms with Crippen molar-refractivity contribution >= 4 is 11.8 Å². The lowest BCUT2D eigenvalue weighted by Crippen LogP contribution is -2.44. The summed E-state index contributed by atoms with van der Waals surface area (Å²) >= 11 is 0. The van der Waals surface area contributed by atoms with Crippen molar-refractivity contribution < 1.29 is 9.59 Å². The number of amides is 2. The van der Waals surface area contributed by atoms with Gasteiger partial charge in [0.2, 0.25) is 0 Å². The fraction of sp³-hybridized carbons (Fsp3) is 0.600. The highest BCUT2D eigenvalue weighted by molar-refractivity contribution is 6.16. The van der Waals surface area contributed by atoms with E-state index in [-0.39, 0.29) is 17.9 Å². The minimum absolute atomic E-state index is 0.145. The number of nitrogens with zero attached hydrogens (tertiary/aromatic N) is 1. The summed E-state index contributed by atoms with van der Waals surface area (Å²) in [5, 5.41) is 0. The summed E-state index contributed by atoms with van der Waals surface area (Å²) in [6.07, 6.45) is 3.06. The maximum absolute atomic E-state index is 11.6. The molecule has 2 amide bonds. The first-order valence-electron chi connectivity index (χ1n) is 4.87. The van der Waals surface area contributed by atoms with Gasteiger partial charge in [-0.3, -0.25) is 14.5 Å². The van der Waals surface area contributed by atoms with Gasteiger partial charge in [-0.1, -0.05) is 13.3 Å². The predicted molar refractivity (Wildman–Crippen MR) is 53.4 cm³/mol. The molecule has 78 valence electrons. The van der Waals surface area contributed by atoms with Crippen LogP contribution in [0.3, 0.4) is 0 Å². The molecule has 0 aromatic heterocycles. The van der Waals surface area contributed by atoms with Crippen LogP contribution in [0.25, 0.3) is 0 Å². The fourth-order valence-electron chi connectivity index (χ4n) is 1.64. The Morgan fingerprint density at radius 1 is 1.50 bits per heavy atom. The van der Waals surface area contributed by atoms with Gasteiger partial charge in [0.15, 0.2) is 0 Å². The normalized spacial score (nSPS) is 18.8. The van der Waals surface area contributed by atoms with Crippen molar-refractivity contribution in [2.24, 2.45) is 5.73 Å². The van der Waals surface area contributed by atoms with Gasteiger partial charge in [0.25, 0.3) is 11.8 Å². The molecule has 0 aromatic rings. The Hall–Kier alpha value is -1.16. The van der Waals surface area contributed by atoms with Crippen LogP contribution < -0.4 is 5.73 Å². The van der Waals surface area contributed by atoms with Crippen LogP contribution in [0.4, 0.5) is 0 Å². The smallest absolute Gasteiger partial charge is 0.256 e.